The zero-order valence-corrected chi connectivity index (χ0v) is 14.9. The molecular weight excluding hydrogens is 386 g/mol. The van der Waals surface area contributed by atoms with Gasteiger partial charge < -0.3 is 10.1 Å². The van der Waals surface area contributed by atoms with Crippen molar-refractivity contribution in [2.75, 3.05) is 11.9 Å². The topological polar surface area (TPSA) is 81.2 Å². The second-order valence-electron chi connectivity index (χ2n) is 5.33. The van der Waals surface area contributed by atoms with E-state index in [1.807, 2.05) is 25.1 Å². The van der Waals surface area contributed by atoms with Gasteiger partial charge in [-0.05, 0) is 42.8 Å². The molecule has 0 bridgehead atoms. The van der Waals surface area contributed by atoms with Crippen LogP contribution in [0.3, 0.4) is 0 Å². The van der Waals surface area contributed by atoms with Crippen LogP contribution < -0.4 is 5.32 Å². The number of hydrogen-bond donors (Lipinski definition) is 1. The monoisotopic (exact) mass is 399 g/mol. The molecule has 1 amide bonds. The second-order valence-corrected chi connectivity index (χ2v) is 6.19. The Kier molecular flexibility index (Phi) is 5.04. The number of fused-ring (bicyclic) bond motifs is 1. The number of carbonyl (C=O) groups excluding carboxylic acids is 2. The summed E-state index contributed by atoms with van der Waals surface area (Å²) < 4.78 is 5.95. The Morgan fingerprint density at radius 1 is 1.16 bits per heavy atom. The fraction of sp³-hybridized carbons (Fsp3) is 0.111. The normalized spacial score (nSPS) is 10.5. The number of benzene rings is 2. The van der Waals surface area contributed by atoms with Crippen LogP contribution in [0.1, 0.15) is 16.1 Å². The molecule has 0 spiro atoms. The predicted octanol–water partition coefficient (Wildman–Crippen LogP) is 3.50. The van der Waals surface area contributed by atoms with Crippen LogP contribution in [0, 0.1) is 6.92 Å². The van der Waals surface area contributed by atoms with Gasteiger partial charge in [-0.1, -0.05) is 28.1 Å². The van der Waals surface area contributed by atoms with Gasteiger partial charge in [0.05, 0.1) is 17.2 Å². The van der Waals surface area contributed by atoms with Gasteiger partial charge in [-0.2, -0.15) is 0 Å². The molecule has 0 aliphatic heterocycles. The first kappa shape index (κ1) is 17.0. The van der Waals surface area contributed by atoms with E-state index >= 15 is 0 Å². The highest BCUT2D eigenvalue weighted by molar-refractivity contribution is 9.10. The van der Waals surface area contributed by atoms with Crippen molar-refractivity contribution in [2.45, 2.75) is 6.92 Å². The number of rotatable bonds is 4. The molecule has 3 aromatic rings. The molecule has 0 atom stereocenters. The molecule has 0 fully saturated rings. The summed E-state index contributed by atoms with van der Waals surface area (Å²) in [6.07, 6.45) is 1.33. The zero-order chi connectivity index (χ0) is 17.8. The van der Waals surface area contributed by atoms with Crippen LogP contribution in [0.25, 0.3) is 11.0 Å². The second kappa shape index (κ2) is 7.40. The third kappa shape index (κ3) is 4.19. The van der Waals surface area contributed by atoms with E-state index in [9.17, 15) is 9.59 Å². The number of halogens is 1. The molecule has 7 heteroatoms. The lowest BCUT2D eigenvalue weighted by Crippen LogP contribution is -2.21. The summed E-state index contributed by atoms with van der Waals surface area (Å²) in [5.74, 6) is -1.12. The fourth-order valence-corrected chi connectivity index (χ4v) is 2.43. The van der Waals surface area contributed by atoms with Crippen molar-refractivity contribution < 1.29 is 14.3 Å². The molecule has 126 valence electrons. The first-order valence-corrected chi connectivity index (χ1v) is 8.27. The van der Waals surface area contributed by atoms with Crippen molar-refractivity contribution in [1.29, 1.82) is 0 Å². The number of esters is 1. The minimum absolute atomic E-state index is 0.0611. The molecule has 0 saturated heterocycles. The minimum atomic E-state index is -0.694. The van der Waals surface area contributed by atoms with Gasteiger partial charge >= 0.3 is 5.97 Å². The summed E-state index contributed by atoms with van der Waals surface area (Å²) in [4.78, 5) is 32.3. The van der Waals surface area contributed by atoms with Gasteiger partial charge in [0.15, 0.2) is 12.3 Å². The number of amides is 1. The molecule has 0 unspecified atom stereocenters. The third-order valence-electron chi connectivity index (χ3n) is 3.43. The molecule has 2 aromatic carbocycles. The third-order valence-corrected chi connectivity index (χ3v) is 4.32. The predicted molar refractivity (Wildman–Crippen MR) is 97.3 cm³/mol. The Morgan fingerprint density at radius 3 is 2.68 bits per heavy atom. The number of aromatic nitrogens is 2. The van der Waals surface area contributed by atoms with E-state index in [4.69, 9.17) is 4.74 Å². The molecule has 0 saturated carbocycles. The number of ether oxygens (including phenoxy) is 1. The van der Waals surface area contributed by atoms with Gasteiger partial charge in [-0.25, -0.2) is 9.78 Å². The largest absolute Gasteiger partial charge is 0.451 e. The van der Waals surface area contributed by atoms with Crippen molar-refractivity contribution in [1.82, 2.24) is 9.97 Å². The molecule has 0 aliphatic rings. The number of hydrogen-bond acceptors (Lipinski definition) is 5. The van der Waals surface area contributed by atoms with Gasteiger partial charge in [0, 0.05) is 10.2 Å². The summed E-state index contributed by atoms with van der Waals surface area (Å²) >= 11 is 3.39. The molecule has 0 aliphatic carbocycles. The summed E-state index contributed by atoms with van der Waals surface area (Å²) in [6.45, 7) is 1.51. The van der Waals surface area contributed by atoms with Gasteiger partial charge in [0.25, 0.3) is 5.91 Å². The van der Waals surface area contributed by atoms with Crippen molar-refractivity contribution in [3.63, 3.8) is 0 Å². The van der Waals surface area contributed by atoms with E-state index in [0.29, 0.717) is 16.7 Å². The van der Waals surface area contributed by atoms with Crippen LogP contribution in [-0.4, -0.2) is 28.5 Å². The lowest BCUT2D eigenvalue weighted by Gasteiger charge is -2.08. The van der Waals surface area contributed by atoms with Gasteiger partial charge in [-0.15, -0.1) is 0 Å². The molecule has 0 radical (unpaired) electrons. The average Bonchev–Trinajstić information content (AvgIpc) is 2.62. The SMILES string of the molecule is Cc1cc(NC(=O)COC(=O)c2cnc3ccccc3n2)ccc1Br. The Labute approximate surface area is 152 Å². The van der Waals surface area contributed by atoms with Crippen molar-refractivity contribution in [3.05, 3.63) is 64.4 Å². The highest BCUT2D eigenvalue weighted by Gasteiger charge is 2.13. The number of aryl methyl sites for hydroxylation is 1. The van der Waals surface area contributed by atoms with Crippen molar-refractivity contribution in [2.24, 2.45) is 0 Å². The van der Waals surface area contributed by atoms with Crippen molar-refractivity contribution in [3.8, 4) is 0 Å². The molecule has 1 N–H and O–H groups in total. The van der Waals surface area contributed by atoms with E-state index in [0.717, 1.165) is 10.0 Å². The van der Waals surface area contributed by atoms with Crippen LogP contribution in [0.4, 0.5) is 5.69 Å². The Bertz CT molecular complexity index is 959. The van der Waals surface area contributed by atoms with Crippen LogP contribution in [0.15, 0.2) is 53.1 Å². The standard InChI is InChI=1S/C18H14BrN3O3/c1-11-8-12(6-7-13(11)19)21-17(23)10-25-18(24)16-9-20-14-4-2-3-5-15(14)22-16/h2-9H,10H2,1H3,(H,21,23). The quantitative estimate of drug-likeness (QED) is 0.678. The summed E-state index contributed by atoms with van der Waals surface area (Å²) in [5.41, 5.74) is 2.95. The molecular formula is C18H14BrN3O3. The fourth-order valence-electron chi connectivity index (χ4n) is 2.18. The average molecular weight is 400 g/mol. The van der Waals surface area contributed by atoms with Gasteiger partial charge in [-0.3, -0.25) is 9.78 Å². The summed E-state index contributed by atoms with van der Waals surface area (Å²) in [5, 5.41) is 2.67. The maximum absolute atomic E-state index is 12.0. The van der Waals surface area contributed by atoms with Crippen LogP contribution in [-0.2, 0) is 9.53 Å². The lowest BCUT2D eigenvalue weighted by molar-refractivity contribution is -0.119. The maximum Gasteiger partial charge on any atom is 0.359 e. The number of nitrogens with one attached hydrogen (secondary N) is 1. The van der Waals surface area contributed by atoms with Crippen LogP contribution in [0.2, 0.25) is 0 Å². The Hall–Kier alpha value is -2.80. The van der Waals surface area contributed by atoms with Crippen LogP contribution >= 0.6 is 15.9 Å². The van der Waals surface area contributed by atoms with E-state index in [-0.39, 0.29) is 5.69 Å². The van der Waals surface area contributed by atoms with E-state index < -0.39 is 18.5 Å². The highest BCUT2D eigenvalue weighted by atomic mass is 79.9. The number of nitrogens with zero attached hydrogens (tertiary/aromatic N) is 2. The first-order chi connectivity index (χ1) is 12.0. The summed E-state index contributed by atoms with van der Waals surface area (Å²) in [7, 11) is 0. The molecule has 3 rings (SSSR count). The smallest absolute Gasteiger partial charge is 0.359 e. The maximum atomic E-state index is 12.0. The first-order valence-electron chi connectivity index (χ1n) is 7.48. The van der Waals surface area contributed by atoms with Crippen molar-refractivity contribution >= 4 is 44.5 Å². The van der Waals surface area contributed by atoms with Gasteiger partial charge in [0.2, 0.25) is 0 Å². The number of anilines is 1. The molecule has 1 aromatic heterocycles. The Morgan fingerprint density at radius 2 is 1.92 bits per heavy atom. The van der Waals surface area contributed by atoms with E-state index in [1.165, 1.54) is 6.20 Å². The van der Waals surface area contributed by atoms with E-state index in [1.54, 1.807) is 24.3 Å². The minimum Gasteiger partial charge on any atom is -0.451 e. The van der Waals surface area contributed by atoms with E-state index in [2.05, 4.69) is 31.2 Å². The molecule has 6 nitrogen and oxygen atoms in total. The lowest BCUT2D eigenvalue weighted by atomic mass is 10.2. The van der Waals surface area contributed by atoms with Crippen LogP contribution in [0.5, 0.6) is 0 Å². The Balaban J connectivity index is 1.60. The number of carbonyl (C=O) groups is 2. The number of para-hydroxylation sites is 2. The molecule has 25 heavy (non-hydrogen) atoms. The highest BCUT2D eigenvalue weighted by Crippen LogP contribution is 2.19. The zero-order valence-electron chi connectivity index (χ0n) is 13.3. The van der Waals surface area contributed by atoms with Gasteiger partial charge in [0.1, 0.15) is 0 Å². The molecule has 1 heterocycles. The summed E-state index contributed by atoms with van der Waals surface area (Å²) in [6, 6.07) is 12.6.